The second-order valence-corrected chi connectivity index (χ2v) is 8.31. The van der Waals surface area contributed by atoms with Crippen LogP contribution in [0.15, 0.2) is 0 Å². The predicted molar refractivity (Wildman–Crippen MR) is 115 cm³/mol. The quantitative estimate of drug-likeness (QED) is 0.247. The summed E-state index contributed by atoms with van der Waals surface area (Å²) < 4.78 is 53.5. The van der Waals surface area contributed by atoms with Gasteiger partial charge in [-0.1, -0.05) is 51.1 Å². The van der Waals surface area contributed by atoms with Crippen LogP contribution in [-0.4, -0.2) is 46.3 Å². The Hall–Kier alpha value is -1.35. The summed E-state index contributed by atoms with van der Waals surface area (Å²) in [6, 6.07) is -1.45. The molecule has 1 aromatic rings. The molecule has 1 heterocycles. The molecule has 2 atom stereocenters. The normalized spacial score (nSPS) is 13.9. The number of alkyl halides is 4. The molecule has 0 saturated heterocycles. The second kappa shape index (κ2) is 13.9. The largest absolute Gasteiger partial charge is 0.351 e. The van der Waals surface area contributed by atoms with Crippen LogP contribution in [-0.2, 0) is 4.79 Å². The number of hydrogen-bond acceptors (Lipinski definition) is 3. The van der Waals surface area contributed by atoms with Gasteiger partial charge < -0.3 is 10.2 Å². The minimum Gasteiger partial charge on any atom is -0.351 e. The van der Waals surface area contributed by atoms with E-state index in [9.17, 15) is 22.4 Å². The zero-order chi connectivity index (χ0) is 23.6. The predicted octanol–water partition coefficient (Wildman–Crippen LogP) is 6.16. The topological polar surface area (TPSA) is 50.2 Å². The Balaban J connectivity index is 2.82. The minimum absolute atomic E-state index is 0.242. The third-order valence-electron chi connectivity index (χ3n) is 5.15. The summed E-state index contributed by atoms with van der Waals surface area (Å²) >= 11 is 5.68. The number of rotatable bonds is 15. The van der Waals surface area contributed by atoms with Gasteiger partial charge in [-0.2, -0.15) is 5.10 Å². The Morgan fingerprint density at radius 1 is 1.03 bits per heavy atom. The van der Waals surface area contributed by atoms with Gasteiger partial charge in [-0.15, -0.1) is 0 Å². The van der Waals surface area contributed by atoms with Crippen LogP contribution < -0.4 is 5.32 Å². The third kappa shape index (κ3) is 8.60. The van der Waals surface area contributed by atoms with Crippen molar-refractivity contribution in [2.45, 2.75) is 91.2 Å². The third-order valence-corrected chi connectivity index (χ3v) is 5.54. The molecular formula is C21H35ClF4N4O. The molecule has 0 aliphatic rings. The number of halogens is 5. The first-order valence-corrected chi connectivity index (χ1v) is 11.4. The smallest absolute Gasteiger partial charge is 0.283 e. The van der Waals surface area contributed by atoms with Gasteiger partial charge in [0.15, 0.2) is 0 Å². The van der Waals surface area contributed by atoms with E-state index in [4.69, 9.17) is 11.6 Å². The molecular weight excluding hydrogens is 436 g/mol. The van der Waals surface area contributed by atoms with E-state index < -0.39 is 41.2 Å². The Bertz CT molecular complexity index is 662. The lowest BCUT2D eigenvalue weighted by Crippen LogP contribution is -2.45. The Morgan fingerprint density at radius 3 is 2.03 bits per heavy atom. The van der Waals surface area contributed by atoms with Crippen molar-refractivity contribution in [2.24, 2.45) is 0 Å². The van der Waals surface area contributed by atoms with E-state index in [0.717, 1.165) is 51.6 Å². The Morgan fingerprint density at radius 2 is 1.58 bits per heavy atom. The maximum absolute atomic E-state index is 13.4. The number of aromatic nitrogens is 2. The molecule has 0 radical (unpaired) electrons. The molecule has 10 heteroatoms. The summed E-state index contributed by atoms with van der Waals surface area (Å²) in [5.74, 6) is -0.573. The summed E-state index contributed by atoms with van der Waals surface area (Å²) in [7, 11) is 0. The number of hydrogen-bond donors (Lipinski definition) is 1. The minimum atomic E-state index is -3.13. The van der Waals surface area contributed by atoms with E-state index in [1.165, 1.54) is 6.92 Å². The molecule has 1 aromatic heterocycles. The maximum atomic E-state index is 13.4. The van der Waals surface area contributed by atoms with Gasteiger partial charge in [0.1, 0.15) is 17.4 Å². The Kier molecular flexibility index (Phi) is 12.4. The molecule has 1 amide bonds. The van der Waals surface area contributed by atoms with Crippen molar-refractivity contribution >= 4 is 17.5 Å². The van der Waals surface area contributed by atoms with Gasteiger partial charge in [-0.3, -0.25) is 4.79 Å². The van der Waals surface area contributed by atoms with Crippen molar-refractivity contribution in [1.29, 1.82) is 0 Å². The molecule has 180 valence electrons. The van der Waals surface area contributed by atoms with Crippen molar-refractivity contribution in [3.63, 3.8) is 0 Å². The van der Waals surface area contributed by atoms with Gasteiger partial charge >= 0.3 is 0 Å². The summed E-state index contributed by atoms with van der Waals surface area (Å²) in [4.78, 5) is 15.0. The lowest BCUT2D eigenvalue weighted by Gasteiger charge is -2.27. The van der Waals surface area contributed by atoms with Gasteiger partial charge in [-0.25, -0.2) is 22.2 Å². The highest BCUT2D eigenvalue weighted by molar-refractivity contribution is 6.32. The van der Waals surface area contributed by atoms with Crippen molar-refractivity contribution in [3.05, 3.63) is 16.4 Å². The highest BCUT2D eigenvalue weighted by Crippen LogP contribution is 2.36. The van der Waals surface area contributed by atoms with E-state index in [2.05, 4.69) is 29.2 Å². The standard InChI is InChI=1S/C21H35ClF4N4O/c1-5-7-9-11-29(12-10-8-6-2)13-14(3)27-21(31)15(4)30-18(20(25)26)16(22)17(28-30)19(23)24/h14-15,19-20H,5-13H2,1-4H3,(H,27,31). The molecule has 1 N–H and O–H groups in total. The van der Waals surface area contributed by atoms with Gasteiger partial charge in [0.05, 0.1) is 5.02 Å². The van der Waals surface area contributed by atoms with E-state index in [1.807, 2.05) is 6.92 Å². The summed E-state index contributed by atoms with van der Waals surface area (Å²) in [5.41, 5.74) is -1.81. The van der Waals surface area contributed by atoms with E-state index in [1.54, 1.807) is 0 Å². The second-order valence-electron chi connectivity index (χ2n) is 7.93. The average Bonchev–Trinajstić information content (AvgIpc) is 3.05. The van der Waals surface area contributed by atoms with Crippen LogP contribution in [0.25, 0.3) is 0 Å². The number of nitrogens with one attached hydrogen (secondary N) is 1. The highest BCUT2D eigenvalue weighted by Gasteiger charge is 2.32. The lowest BCUT2D eigenvalue weighted by molar-refractivity contribution is -0.125. The number of amides is 1. The van der Waals surface area contributed by atoms with Gasteiger partial charge in [0, 0.05) is 12.6 Å². The SMILES string of the molecule is CCCCCN(CCCCC)CC(C)NC(=O)C(C)n1nc(C(F)F)c(Cl)c1C(F)F. The fraction of sp³-hybridized carbons (Fsp3) is 0.810. The fourth-order valence-electron chi connectivity index (χ4n) is 3.45. The van der Waals surface area contributed by atoms with Crippen LogP contribution in [0.4, 0.5) is 17.6 Å². The van der Waals surface area contributed by atoms with Gasteiger partial charge in [0.25, 0.3) is 12.9 Å². The van der Waals surface area contributed by atoms with Crippen LogP contribution in [0, 0.1) is 0 Å². The van der Waals surface area contributed by atoms with Crippen LogP contribution in [0.5, 0.6) is 0 Å². The van der Waals surface area contributed by atoms with E-state index in [-0.39, 0.29) is 6.04 Å². The number of nitrogens with zero attached hydrogens (tertiary/aromatic N) is 3. The summed E-state index contributed by atoms with van der Waals surface area (Å²) in [5, 5.41) is 5.50. The Labute approximate surface area is 187 Å². The zero-order valence-electron chi connectivity index (χ0n) is 18.8. The first-order valence-electron chi connectivity index (χ1n) is 11.0. The summed E-state index contributed by atoms with van der Waals surface area (Å²) in [6.07, 6.45) is 0.390. The molecule has 0 saturated carbocycles. The lowest BCUT2D eigenvalue weighted by atomic mass is 10.2. The van der Waals surface area contributed by atoms with Crippen molar-refractivity contribution in [2.75, 3.05) is 19.6 Å². The van der Waals surface area contributed by atoms with Crippen LogP contribution >= 0.6 is 11.6 Å². The molecule has 0 aliphatic carbocycles. The highest BCUT2D eigenvalue weighted by atomic mass is 35.5. The van der Waals surface area contributed by atoms with Crippen molar-refractivity contribution in [1.82, 2.24) is 20.0 Å². The fourth-order valence-corrected chi connectivity index (χ4v) is 3.74. The molecule has 1 rings (SSSR count). The average molecular weight is 471 g/mol. The van der Waals surface area contributed by atoms with Crippen LogP contribution in [0.2, 0.25) is 5.02 Å². The molecule has 0 bridgehead atoms. The molecule has 2 unspecified atom stereocenters. The monoisotopic (exact) mass is 470 g/mol. The van der Waals surface area contributed by atoms with Gasteiger partial charge in [0.2, 0.25) is 5.91 Å². The molecule has 0 aliphatic heterocycles. The zero-order valence-corrected chi connectivity index (χ0v) is 19.6. The van der Waals surface area contributed by atoms with Gasteiger partial charge in [-0.05, 0) is 39.8 Å². The molecule has 31 heavy (non-hydrogen) atoms. The maximum Gasteiger partial charge on any atom is 0.283 e. The van der Waals surface area contributed by atoms with Crippen molar-refractivity contribution < 1.29 is 22.4 Å². The van der Waals surface area contributed by atoms with Crippen LogP contribution in [0.1, 0.15) is 96.5 Å². The first-order chi connectivity index (χ1) is 14.6. The van der Waals surface area contributed by atoms with E-state index >= 15 is 0 Å². The summed E-state index contributed by atoms with van der Waals surface area (Å²) in [6.45, 7) is 9.93. The van der Waals surface area contributed by atoms with Crippen LogP contribution in [0.3, 0.4) is 0 Å². The van der Waals surface area contributed by atoms with E-state index in [0.29, 0.717) is 11.2 Å². The molecule has 0 aromatic carbocycles. The first kappa shape index (κ1) is 27.7. The number of carbonyl (C=O) groups excluding carboxylic acids is 1. The molecule has 5 nitrogen and oxygen atoms in total. The number of unbranched alkanes of at least 4 members (excludes halogenated alkanes) is 4. The molecule has 0 fully saturated rings. The van der Waals surface area contributed by atoms with Crippen molar-refractivity contribution in [3.8, 4) is 0 Å². The molecule has 0 spiro atoms. The number of carbonyl (C=O) groups is 1.